The number of aryl methyl sites for hydroxylation is 2. The van der Waals surface area contributed by atoms with Gasteiger partial charge >= 0.3 is 5.97 Å². The number of nitrogens with zero attached hydrogens (tertiary/aromatic N) is 1. The van der Waals surface area contributed by atoms with Gasteiger partial charge in [0.15, 0.2) is 0 Å². The molecule has 0 radical (unpaired) electrons. The summed E-state index contributed by atoms with van der Waals surface area (Å²) < 4.78 is 7.98. The molecule has 0 saturated carbocycles. The van der Waals surface area contributed by atoms with Crippen molar-refractivity contribution in [2.45, 2.75) is 19.1 Å². The second-order valence-corrected chi connectivity index (χ2v) is 6.90. The number of esters is 1. The molecular formula is C24H19NO2. The van der Waals surface area contributed by atoms with Gasteiger partial charge in [-0.05, 0) is 42.0 Å². The van der Waals surface area contributed by atoms with Crippen LogP contribution in [0.3, 0.4) is 0 Å². The largest absolute Gasteiger partial charge is 0.433 e. The van der Waals surface area contributed by atoms with Gasteiger partial charge < -0.3 is 9.30 Å². The first-order valence-electron chi connectivity index (χ1n) is 9.24. The van der Waals surface area contributed by atoms with Crippen molar-refractivity contribution in [3.63, 3.8) is 0 Å². The van der Waals surface area contributed by atoms with Crippen LogP contribution < -0.4 is 0 Å². The highest BCUT2D eigenvalue weighted by atomic mass is 16.6. The van der Waals surface area contributed by atoms with E-state index in [-0.39, 0.29) is 5.97 Å². The van der Waals surface area contributed by atoms with Gasteiger partial charge in [-0.1, -0.05) is 66.7 Å². The maximum absolute atomic E-state index is 12.4. The van der Waals surface area contributed by atoms with Crippen LogP contribution in [0.15, 0.2) is 84.9 Å². The Morgan fingerprint density at radius 3 is 2.44 bits per heavy atom. The van der Waals surface area contributed by atoms with E-state index in [0.717, 1.165) is 23.9 Å². The number of rotatable bonds is 4. The summed E-state index contributed by atoms with van der Waals surface area (Å²) in [5.74, 6) is -0.248. The second-order valence-electron chi connectivity index (χ2n) is 6.90. The molecule has 1 unspecified atom stereocenters. The van der Waals surface area contributed by atoms with Crippen LogP contribution in [0.2, 0.25) is 0 Å². The zero-order chi connectivity index (χ0) is 18.2. The predicted molar refractivity (Wildman–Crippen MR) is 106 cm³/mol. The van der Waals surface area contributed by atoms with Crippen LogP contribution in [0.5, 0.6) is 0 Å². The molecule has 0 spiro atoms. The number of cyclic esters (lactones) is 1. The first-order chi connectivity index (χ1) is 13.3. The first kappa shape index (κ1) is 15.9. The summed E-state index contributed by atoms with van der Waals surface area (Å²) in [7, 11) is 0. The standard InChI is InChI=1S/C24H19NO2/c26-24-21-12-6-5-11-20(21)23(27-24)25-19(15-14-17-8-2-1-3-9-17)16-18-10-4-7-13-22(18)25/h1-13,16,23H,14-15H2. The third kappa shape index (κ3) is 2.72. The summed E-state index contributed by atoms with van der Waals surface area (Å²) in [6.45, 7) is 0. The van der Waals surface area contributed by atoms with E-state index in [2.05, 4.69) is 47.0 Å². The topological polar surface area (TPSA) is 31.2 Å². The maximum Gasteiger partial charge on any atom is 0.340 e. The quantitative estimate of drug-likeness (QED) is 0.476. The van der Waals surface area contributed by atoms with Gasteiger partial charge in [0.05, 0.1) is 11.1 Å². The zero-order valence-corrected chi connectivity index (χ0v) is 14.8. The molecule has 4 aromatic rings. The molecule has 1 atom stereocenters. The minimum absolute atomic E-state index is 0.248. The molecule has 0 bridgehead atoms. The molecule has 0 saturated heterocycles. The smallest absolute Gasteiger partial charge is 0.340 e. The Bertz CT molecular complexity index is 1130. The molecule has 1 aliphatic heterocycles. The van der Waals surface area contributed by atoms with Crippen LogP contribution in [-0.2, 0) is 17.6 Å². The van der Waals surface area contributed by atoms with Crippen molar-refractivity contribution in [1.82, 2.24) is 4.57 Å². The summed E-state index contributed by atoms with van der Waals surface area (Å²) in [4.78, 5) is 12.4. The Morgan fingerprint density at radius 2 is 1.56 bits per heavy atom. The fraction of sp³-hybridized carbons (Fsp3) is 0.125. The molecule has 3 aromatic carbocycles. The van der Waals surface area contributed by atoms with Gasteiger partial charge in [-0.3, -0.25) is 0 Å². The SMILES string of the molecule is O=C1OC(n2c(CCc3ccccc3)cc3ccccc32)c2ccccc21. The lowest BCUT2D eigenvalue weighted by Crippen LogP contribution is -2.13. The van der Waals surface area contributed by atoms with Gasteiger partial charge in [-0.15, -0.1) is 0 Å². The molecule has 3 heteroatoms. The lowest BCUT2D eigenvalue weighted by atomic mass is 10.1. The van der Waals surface area contributed by atoms with Gasteiger partial charge in [0, 0.05) is 11.3 Å². The van der Waals surface area contributed by atoms with Crippen molar-refractivity contribution in [2.24, 2.45) is 0 Å². The number of benzene rings is 3. The second kappa shape index (κ2) is 6.44. The van der Waals surface area contributed by atoms with Crippen molar-refractivity contribution in [1.29, 1.82) is 0 Å². The molecule has 1 aromatic heterocycles. The molecule has 0 fully saturated rings. The van der Waals surface area contributed by atoms with Crippen molar-refractivity contribution in [3.05, 3.63) is 107 Å². The lowest BCUT2D eigenvalue weighted by Gasteiger charge is -2.18. The van der Waals surface area contributed by atoms with Gasteiger partial charge in [0.2, 0.25) is 6.23 Å². The van der Waals surface area contributed by atoms with Crippen LogP contribution in [0.4, 0.5) is 0 Å². The van der Waals surface area contributed by atoms with E-state index >= 15 is 0 Å². The van der Waals surface area contributed by atoms with Crippen LogP contribution in [0, 0.1) is 0 Å². The molecule has 5 rings (SSSR count). The van der Waals surface area contributed by atoms with Crippen LogP contribution in [-0.4, -0.2) is 10.5 Å². The fourth-order valence-electron chi connectivity index (χ4n) is 3.94. The number of ether oxygens (including phenoxy) is 1. The zero-order valence-electron chi connectivity index (χ0n) is 14.8. The third-order valence-electron chi connectivity index (χ3n) is 5.24. The normalized spacial score (nSPS) is 15.7. The molecule has 27 heavy (non-hydrogen) atoms. The van der Waals surface area contributed by atoms with E-state index in [1.54, 1.807) is 0 Å². The summed E-state index contributed by atoms with van der Waals surface area (Å²) in [5.41, 5.74) is 5.17. The molecule has 0 N–H and O–H groups in total. The van der Waals surface area contributed by atoms with Gasteiger partial charge in [-0.2, -0.15) is 0 Å². The molecule has 0 aliphatic carbocycles. The maximum atomic E-state index is 12.4. The van der Waals surface area contributed by atoms with E-state index in [1.165, 1.54) is 16.6 Å². The highest BCUT2D eigenvalue weighted by Crippen LogP contribution is 2.36. The number of hydrogen-bond donors (Lipinski definition) is 0. The molecular weight excluding hydrogens is 334 g/mol. The van der Waals surface area contributed by atoms with Crippen LogP contribution >= 0.6 is 0 Å². The van der Waals surface area contributed by atoms with E-state index in [9.17, 15) is 4.79 Å². The summed E-state index contributed by atoms with van der Waals surface area (Å²) in [6, 6.07) is 28.6. The minimum atomic E-state index is -0.403. The third-order valence-corrected chi connectivity index (χ3v) is 5.24. The summed E-state index contributed by atoms with van der Waals surface area (Å²) in [5, 5.41) is 1.17. The average Bonchev–Trinajstić information content (AvgIpc) is 3.25. The van der Waals surface area contributed by atoms with Gasteiger partial charge in [0.25, 0.3) is 0 Å². The van der Waals surface area contributed by atoms with Crippen LogP contribution in [0.25, 0.3) is 10.9 Å². The molecule has 0 amide bonds. The van der Waals surface area contributed by atoms with Crippen molar-refractivity contribution in [3.8, 4) is 0 Å². The van der Waals surface area contributed by atoms with E-state index < -0.39 is 6.23 Å². The van der Waals surface area contributed by atoms with Crippen molar-refractivity contribution in [2.75, 3.05) is 0 Å². The van der Waals surface area contributed by atoms with Crippen LogP contribution in [0.1, 0.15) is 33.4 Å². The number of carbonyl (C=O) groups is 1. The van der Waals surface area contributed by atoms with Gasteiger partial charge in [-0.25, -0.2) is 4.79 Å². The number of aromatic nitrogens is 1. The van der Waals surface area contributed by atoms with E-state index in [4.69, 9.17) is 4.74 Å². The highest BCUT2D eigenvalue weighted by Gasteiger charge is 2.33. The van der Waals surface area contributed by atoms with Crippen molar-refractivity contribution >= 4 is 16.9 Å². The Balaban J connectivity index is 1.60. The molecule has 132 valence electrons. The Labute approximate surface area is 157 Å². The predicted octanol–water partition coefficient (Wildman–Crippen LogP) is 5.14. The number of fused-ring (bicyclic) bond motifs is 2. The number of carbonyl (C=O) groups excluding carboxylic acids is 1. The van der Waals surface area contributed by atoms with E-state index in [1.807, 2.05) is 42.5 Å². The minimum Gasteiger partial charge on any atom is -0.433 e. The summed E-state index contributed by atoms with van der Waals surface area (Å²) >= 11 is 0. The highest BCUT2D eigenvalue weighted by molar-refractivity contribution is 5.94. The van der Waals surface area contributed by atoms with Crippen molar-refractivity contribution < 1.29 is 9.53 Å². The Morgan fingerprint density at radius 1 is 0.815 bits per heavy atom. The summed E-state index contributed by atoms with van der Waals surface area (Å²) in [6.07, 6.45) is 1.42. The Hall–Kier alpha value is -3.33. The molecule has 2 heterocycles. The monoisotopic (exact) mass is 353 g/mol. The average molecular weight is 353 g/mol. The van der Waals surface area contributed by atoms with E-state index in [0.29, 0.717) is 5.56 Å². The van der Waals surface area contributed by atoms with Gasteiger partial charge in [0.1, 0.15) is 0 Å². The first-order valence-corrected chi connectivity index (χ1v) is 9.24. The number of hydrogen-bond acceptors (Lipinski definition) is 2. The molecule has 1 aliphatic rings. The molecule has 3 nitrogen and oxygen atoms in total. The number of para-hydroxylation sites is 1. The lowest BCUT2D eigenvalue weighted by molar-refractivity contribution is 0.0326. The fourth-order valence-corrected chi connectivity index (χ4v) is 3.94. The Kier molecular flexibility index (Phi) is 3.79.